The Morgan fingerprint density at radius 3 is 2.45 bits per heavy atom. The monoisotopic (exact) mass is 453 g/mol. The molecule has 1 atom stereocenters. The Balaban J connectivity index is 1.52. The molecule has 0 bridgehead atoms. The Morgan fingerprint density at radius 1 is 1.00 bits per heavy atom. The van der Waals surface area contributed by atoms with Gasteiger partial charge in [0.2, 0.25) is 17.6 Å². The molecule has 1 aliphatic heterocycles. The third kappa shape index (κ3) is 4.57. The number of rotatable bonds is 9. The van der Waals surface area contributed by atoms with E-state index in [9.17, 15) is 4.79 Å². The maximum Gasteiger partial charge on any atom is 0.232 e. The molecule has 33 heavy (non-hydrogen) atoms. The van der Waals surface area contributed by atoms with Crippen LogP contribution in [0.25, 0.3) is 11.4 Å². The first kappa shape index (κ1) is 22.4. The Labute approximate surface area is 192 Å². The summed E-state index contributed by atoms with van der Waals surface area (Å²) in [5.41, 5.74) is 1.47. The molecule has 2 aromatic carbocycles. The number of nitrogens with zero attached hydrogens (tertiary/aromatic N) is 3. The molecule has 174 valence electrons. The quantitative estimate of drug-likeness (QED) is 0.478. The van der Waals surface area contributed by atoms with Gasteiger partial charge in [-0.3, -0.25) is 4.79 Å². The molecule has 1 unspecified atom stereocenters. The second-order valence-corrected chi connectivity index (χ2v) is 7.61. The molecule has 9 nitrogen and oxygen atoms in total. The van der Waals surface area contributed by atoms with Crippen LogP contribution in [0.5, 0.6) is 23.0 Å². The fourth-order valence-electron chi connectivity index (χ4n) is 3.77. The number of aromatic nitrogens is 2. The van der Waals surface area contributed by atoms with Crippen LogP contribution in [0.1, 0.15) is 31.6 Å². The SMILES string of the molecule is CCCOc1ccc(-c2noc(C3CC(=O)N(c4ccc(OC)c(OC)c4)C3)n2)cc1OC. The van der Waals surface area contributed by atoms with Crippen molar-refractivity contribution in [1.82, 2.24) is 10.1 Å². The highest BCUT2D eigenvalue weighted by atomic mass is 16.5. The summed E-state index contributed by atoms with van der Waals surface area (Å²) in [5.74, 6) is 3.06. The van der Waals surface area contributed by atoms with E-state index in [0.717, 1.165) is 17.7 Å². The van der Waals surface area contributed by atoms with Crippen LogP contribution in [0.3, 0.4) is 0 Å². The zero-order chi connectivity index (χ0) is 23.4. The van der Waals surface area contributed by atoms with Crippen LogP contribution in [-0.2, 0) is 4.79 Å². The highest BCUT2D eigenvalue weighted by Crippen LogP contribution is 2.37. The number of benzene rings is 2. The predicted octanol–water partition coefficient (Wildman–Crippen LogP) is 4.07. The zero-order valence-corrected chi connectivity index (χ0v) is 19.2. The fourth-order valence-corrected chi connectivity index (χ4v) is 3.77. The van der Waals surface area contributed by atoms with Gasteiger partial charge in [0.15, 0.2) is 23.0 Å². The molecule has 0 saturated carbocycles. The molecule has 0 radical (unpaired) electrons. The largest absolute Gasteiger partial charge is 0.493 e. The summed E-state index contributed by atoms with van der Waals surface area (Å²) >= 11 is 0. The lowest BCUT2D eigenvalue weighted by molar-refractivity contribution is -0.117. The molecule has 1 aliphatic rings. The van der Waals surface area contributed by atoms with Gasteiger partial charge < -0.3 is 28.4 Å². The molecule has 1 fully saturated rings. The third-order valence-electron chi connectivity index (χ3n) is 5.48. The van der Waals surface area contributed by atoms with Crippen LogP contribution in [0.2, 0.25) is 0 Å². The summed E-state index contributed by atoms with van der Waals surface area (Å²) in [5, 5.41) is 4.12. The minimum atomic E-state index is -0.207. The Bertz CT molecular complexity index is 1130. The molecule has 1 amide bonds. The van der Waals surface area contributed by atoms with Crippen LogP contribution >= 0.6 is 0 Å². The van der Waals surface area contributed by atoms with Crippen molar-refractivity contribution < 1.29 is 28.3 Å². The Hall–Kier alpha value is -3.75. The van der Waals surface area contributed by atoms with E-state index in [-0.39, 0.29) is 18.2 Å². The summed E-state index contributed by atoms with van der Waals surface area (Å²) in [6.45, 7) is 3.08. The van der Waals surface area contributed by atoms with E-state index in [1.54, 1.807) is 38.4 Å². The maximum absolute atomic E-state index is 12.7. The first-order chi connectivity index (χ1) is 16.1. The number of anilines is 1. The van der Waals surface area contributed by atoms with Crippen LogP contribution in [0, 0.1) is 0 Å². The summed E-state index contributed by atoms with van der Waals surface area (Å²) in [4.78, 5) is 19.0. The topological polar surface area (TPSA) is 96.2 Å². The molecule has 3 aromatic rings. The van der Waals surface area contributed by atoms with Crippen molar-refractivity contribution in [3.63, 3.8) is 0 Å². The van der Waals surface area contributed by atoms with E-state index < -0.39 is 0 Å². The van der Waals surface area contributed by atoms with E-state index in [0.29, 0.717) is 47.9 Å². The van der Waals surface area contributed by atoms with E-state index >= 15 is 0 Å². The van der Waals surface area contributed by atoms with Gasteiger partial charge in [0.05, 0.1) is 33.9 Å². The molecular formula is C24H27N3O6. The van der Waals surface area contributed by atoms with Gasteiger partial charge in [0.1, 0.15) is 0 Å². The molecule has 2 heterocycles. The maximum atomic E-state index is 12.7. The number of ether oxygens (including phenoxy) is 4. The van der Waals surface area contributed by atoms with E-state index in [4.69, 9.17) is 23.5 Å². The Morgan fingerprint density at radius 2 is 1.73 bits per heavy atom. The van der Waals surface area contributed by atoms with E-state index in [2.05, 4.69) is 10.1 Å². The normalized spacial score (nSPS) is 15.6. The van der Waals surface area contributed by atoms with Crippen molar-refractivity contribution in [1.29, 1.82) is 0 Å². The van der Waals surface area contributed by atoms with Crippen molar-refractivity contribution in [3.8, 4) is 34.4 Å². The molecule has 0 spiro atoms. The average Bonchev–Trinajstić information content (AvgIpc) is 3.49. The van der Waals surface area contributed by atoms with Crippen LogP contribution in [0.4, 0.5) is 5.69 Å². The van der Waals surface area contributed by atoms with Crippen molar-refractivity contribution in [2.75, 3.05) is 39.4 Å². The number of methoxy groups -OCH3 is 3. The smallest absolute Gasteiger partial charge is 0.232 e. The number of carbonyl (C=O) groups excluding carboxylic acids is 1. The van der Waals surface area contributed by atoms with Gasteiger partial charge in [-0.25, -0.2) is 0 Å². The fraction of sp³-hybridized carbons (Fsp3) is 0.375. The number of amides is 1. The molecule has 1 aromatic heterocycles. The number of hydrogen-bond donors (Lipinski definition) is 0. The first-order valence-corrected chi connectivity index (χ1v) is 10.7. The molecule has 9 heteroatoms. The second kappa shape index (κ2) is 9.81. The van der Waals surface area contributed by atoms with Crippen molar-refractivity contribution >= 4 is 11.6 Å². The molecule has 1 saturated heterocycles. The lowest BCUT2D eigenvalue weighted by Crippen LogP contribution is -2.24. The third-order valence-corrected chi connectivity index (χ3v) is 5.48. The van der Waals surface area contributed by atoms with Gasteiger partial charge in [-0.1, -0.05) is 12.1 Å². The minimum absolute atomic E-state index is 0.0222. The second-order valence-electron chi connectivity index (χ2n) is 7.61. The average molecular weight is 453 g/mol. The van der Waals surface area contributed by atoms with Crippen LogP contribution in [0.15, 0.2) is 40.9 Å². The van der Waals surface area contributed by atoms with Gasteiger partial charge in [-0.2, -0.15) is 4.98 Å². The van der Waals surface area contributed by atoms with Crippen molar-refractivity contribution in [2.24, 2.45) is 0 Å². The Kier molecular flexibility index (Phi) is 6.67. The molecular weight excluding hydrogens is 426 g/mol. The number of carbonyl (C=O) groups is 1. The van der Waals surface area contributed by atoms with Gasteiger partial charge in [0.25, 0.3) is 0 Å². The van der Waals surface area contributed by atoms with Crippen molar-refractivity contribution in [3.05, 3.63) is 42.3 Å². The summed E-state index contributed by atoms with van der Waals surface area (Å²) in [6.07, 6.45) is 1.18. The van der Waals surface area contributed by atoms with Gasteiger partial charge in [-0.15, -0.1) is 0 Å². The van der Waals surface area contributed by atoms with E-state index in [1.807, 2.05) is 31.2 Å². The van der Waals surface area contributed by atoms with E-state index in [1.165, 1.54) is 0 Å². The predicted molar refractivity (Wildman–Crippen MR) is 121 cm³/mol. The standard InChI is InChI=1S/C24H27N3O6/c1-5-10-32-19-8-6-15(11-20(19)30-3)23-25-24(33-26-23)16-12-22(28)27(14-16)17-7-9-18(29-2)21(13-17)31-4/h6-9,11,13,16H,5,10,12,14H2,1-4H3. The summed E-state index contributed by atoms with van der Waals surface area (Å²) in [7, 11) is 4.73. The van der Waals surface area contributed by atoms with Gasteiger partial charge in [-0.05, 0) is 36.8 Å². The lowest BCUT2D eigenvalue weighted by Gasteiger charge is -2.18. The van der Waals surface area contributed by atoms with Crippen LogP contribution in [-0.4, -0.2) is 50.5 Å². The minimum Gasteiger partial charge on any atom is -0.493 e. The highest BCUT2D eigenvalue weighted by Gasteiger charge is 2.35. The van der Waals surface area contributed by atoms with Crippen molar-refractivity contribution in [2.45, 2.75) is 25.7 Å². The van der Waals surface area contributed by atoms with Crippen LogP contribution < -0.4 is 23.8 Å². The first-order valence-electron chi connectivity index (χ1n) is 10.7. The lowest BCUT2D eigenvalue weighted by atomic mass is 10.1. The zero-order valence-electron chi connectivity index (χ0n) is 19.2. The molecule has 4 rings (SSSR count). The van der Waals surface area contributed by atoms with Gasteiger partial charge in [0, 0.05) is 30.3 Å². The van der Waals surface area contributed by atoms with Gasteiger partial charge >= 0.3 is 0 Å². The highest BCUT2D eigenvalue weighted by molar-refractivity contribution is 5.96. The number of hydrogen-bond acceptors (Lipinski definition) is 8. The molecule has 0 aliphatic carbocycles. The summed E-state index contributed by atoms with van der Waals surface area (Å²) in [6, 6.07) is 10.9. The molecule has 0 N–H and O–H groups in total. The summed E-state index contributed by atoms with van der Waals surface area (Å²) < 4.78 is 27.3.